The zero-order chi connectivity index (χ0) is 22.2. The van der Waals surface area contributed by atoms with Crippen LogP contribution in [0.2, 0.25) is 0 Å². The van der Waals surface area contributed by atoms with Crippen molar-refractivity contribution in [1.82, 2.24) is 0 Å². The van der Waals surface area contributed by atoms with Gasteiger partial charge in [-0.3, -0.25) is 14.4 Å². The van der Waals surface area contributed by atoms with Gasteiger partial charge in [-0.05, 0) is 47.9 Å². The molecule has 0 atom stereocenters. The predicted octanol–water partition coefficient (Wildman–Crippen LogP) is 3.99. The molecule has 0 aromatic heterocycles. The number of imide groups is 1. The summed E-state index contributed by atoms with van der Waals surface area (Å²) in [5, 5.41) is 2.73. The van der Waals surface area contributed by atoms with Crippen LogP contribution >= 0.6 is 0 Å². The maximum absolute atomic E-state index is 13.7. The van der Waals surface area contributed by atoms with Gasteiger partial charge in [0.15, 0.2) is 0 Å². The maximum atomic E-state index is 13.7. The van der Waals surface area contributed by atoms with Crippen LogP contribution in [0.4, 0.5) is 17.1 Å². The Morgan fingerprint density at radius 2 is 1.53 bits per heavy atom. The van der Waals surface area contributed by atoms with E-state index in [2.05, 4.69) is 5.32 Å². The number of amides is 3. The Labute approximate surface area is 185 Å². The number of nitrogens with zero attached hydrogens (tertiary/aromatic N) is 2. The number of hydrogen-bond acceptors (Lipinski definition) is 4. The van der Waals surface area contributed by atoms with Crippen molar-refractivity contribution in [3.63, 3.8) is 0 Å². The van der Waals surface area contributed by atoms with Gasteiger partial charge in [-0.2, -0.15) is 0 Å². The van der Waals surface area contributed by atoms with Gasteiger partial charge < -0.3 is 10.2 Å². The predicted molar refractivity (Wildman–Crippen MR) is 124 cm³/mol. The van der Waals surface area contributed by atoms with Crippen LogP contribution in [0, 0.1) is 0 Å². The quantitative estimate of drug-likeness (QED) is 0.644. The summed E-state index contributed by atoms with van der Waals surface area (Å²) in [7, 11) is 0. The normalized spacial score (nSPS) is 15.4. The molecule has 0 radical (unpaired) electrons. The lowest BCUT2D eigenvalue weighted by Crippen LogP contribution is -2.34. The van der Waals surface area contributed by atoms with E-state index in [1.807, 2.05) is 35.2 Å². The maximum Gasteiger partial charge on any atom is 0.282 e. The first-order valence-corrected chi connectivity index (χ1v) is 10.5. The Morgan fingerprint density at radius 1 is 0.844 bits per heavy atom. The zero-order valence-electron chi connectivity index (χ0n) is 17.5. The van der Waals surface area contributed by atoms with Crippen LogP contribution in [0.25, 0.3) is 5.57 Å². The lowest BCUT2D eigenvalue weighted by atomic mass is 10.0. The van der Waals surface area contributed by atoms with Crippen LogP contribution < -0.4 is 15.1 Å². The summed E-state index contributed by atoms with van der Waals surface area (Å²) < 4.78 is 0. The molecule has 5 rings (SSSR count). The summed E-state index contributed by atoms with van der Waals surface area (Å²) in [5.74, 6) is -0.861. The lowest BCUT2D eigenvalue weighted by Gasteiger charge is -2.21. The number of carbonyl (C=O) groups is 3. The van der Waals surface area contributed by atoms with Crippen LogP contribution in [0.1, 0.15) is 18.1 Å². The molecule has 6 heteroatoms. The number of fused-ring (bicyclic) bond motifs is 1. The second kappa shape index (κ2) is 7.81. The first-order chi connectivity index (χ1) is 15.5. The van der Waals surface area contributed by atoms with E-state index in [9.17, 15) is 14.4 Å². The first kappa shape index (κ1) is 19.8. The number of rotatable bonds is 4. The molecular weight excluding hydrogens is 402 g/mol. The SMILES string of the molecule is CC(=O)Nc1ccc(C2=C(N3CCc4ccccc43)C(=O)N(c3ccccc3)C2=O)cc1. The first-order valence-electron chi connectivity index (χ1n) is 10.5. The van der Waals surface area contributed by atoms with E-state index in [-0.39, 0.29) is 17.7 Å². The molecule has 0 fully saturated rings. The number of benzene rings is 3. The lowest BCUT2D eigenvalue weighted by molar-refractivity contribution is -0.120. The highest BCUT2D eigenvalue weighted by Gasteiger charge is 2.44. The molecule has 2 aliphatic heterocycles. The smallest absolute Gasteiger partial charge is 0.282 e. The molecule has 0 spiro atoms. The summed E-state index contributed by atoms with van der Waals surface area (Å²) in [6.45, 7) is 2.07. The van der Waals surface area contributed by atoms with Gasteiger partial charge in [0.05, 0.1) is 11.3 Å². The second-order valence-electron chi connectivity index (χ2n) is 7.79. The van der Waals surface area contributed by atoms with Crippen molar-refractivity contribution >= 4 is 40.4 Å². The molecule has 3 aromatic carbocycles. The Balaban J connectivity index is 1.64. The number of carbonyl (C=O) groups excluding carboxylic acids is 3. The zero-order valence-corrected chi connectivity index (χ0v) is 17.5. The standard InChI is InChI=1S/C26H21N3O3/c1-17(30)27-20-13-11-19(12-14-20)23-24(28-16-15-18-7-5-6-10-22(18)28)26(32)29(25(23)31)21-8-3-2-4-9-21/h2-14H,15-16H2,1H3,(H,27,30). The second-order valence-corrected chi connectivity index (χ2v) is 7.79. The summed E-state index contributed by atoms with van der Waals surface area (Å²) >= 11 is 0. The largest absolute Gasteiger partial charge is 0.336 e. The molecule has 32 heavy (non-hydrogen) atoms. The fourth-order valence-electron chi connectivity index (χ4n) is 4.33. The van der Waals surface area contributed by atoms with Gasteiger partial charge in [-0.25, -0.2) is 4.90 Å². The average molecular weight is 423 g/mol. The fourth-order valence-corrected chi connectivity index (χ4v) is 4.33. The number of anilines is 3. The molecule has 3 aromatic rings. The van der Waals surface area contributed by atoms with E-state index >= 15 is 0 Å². The van der Waals surface area contributed by atoms with E-state index < -0.39 is 0 Å². The van der Waals surface area contributed by atoms with Gasteiger partial charge in [0.25, 0.3) is 11.8 Å². The molecule has 2 aliphatic rings. The highest BCUT2D eigenvalue weighted by atomic mass is 16.2. The van der Waals surface area contributed by atoms with Gasteiger partial charge in [-0.15, -0.1) is 0 Å². The summed E-state index contributed by atoms with van der Waals surface area (Å²) in [5.41, 5.74) is 4.66. The van der Waals surface area contributed by atoms with E-state index in [4.69, 9.17) is 0 Å². The van der Waals surface area contributed by atoms with Gasteiger partial charge in [-0.1, -0.05) is 48.5 Å². The van der Waals surface area contributed by atoms with Gasteiger partial charge in [0.1, 0.15) is 5.70 Å². The monoisotopic (exact) mass is 423 g/mol. The third-order valence-corrected chi connectivity index (χ3v) is 5.72. The fraction of sp³-hybridized carbons (Fsp3) is 0.115. The van der Waals surface area contributed by atoms with Gasteiger partial charge in [0.2, 0.25) is 5.91 Å². The molecular formula is C26H21N3O3. The van der Waals surface area contributed by atoms with Crippen LogP contribution in [0.5, 0.6) is 0 Å². The third kappa shape index (κ3) is 3.26. The molecule has 1 N–H and O–H groups in total. The van der Waals surface area contributed by atoms with Gasteiger partial charge >= 0.3 is 0 Å². The van der Waals surface area contributed by atoms with Crippen LogP contribution in [0.15, 0.2) is 84.6 Å². The Hall–Kier alpha value is -4.19. The van der Waals surface area contributed by atoms with Crippen LogP contribution in [-0.4, -0.2) is 24.3 Å². The molecule has 158 valence electrons. The van der Waals surface area contributed by atoms with Crippen molar-refractivity contribution in [2.24, 2.45) is 0 Å². The molecule has 2 heterocycles. The minimum absolute atomic E-state index is 0.172. The summed E-state index contributed by atoms with van der Waals surface area (Å²) in [6.07, 6.45) is 0.807. The Morgan fingerprint density at radius 3 is 2.25 bits per heavy atom. The minimum Gasteiger partial charge on any atom is -0.336 e. The van der Waals surface area contributed by atoms with Crippen molar-refractivity contribution < 1.29 is 14.4 Å². The highest BCUT2D eigenvalue weighted by Crippen LogP contribution is 2.40. The molecule has 3 amide bonds. The summed E-state index contributed by atoms with van der Waals surface area (Å²) in [6, 6.07) is 23.9. The van der Waals surface area contributed by atoms with Crippen LogP contribution in [0.3, 0.4) is 0 Å². The number of hydrogen-bond donors (Lipinski definition) is 1. The van der Waals surface area contributed by atoms with Crippen LogP contribution in [-0.2, 0) is 20.8 Å². The van der Waals surface area contributed by atoms with Crippen molar-refractivity contribution in [3.8, 4) is 0 Å². The van der Waals surface area contributed by atoms with Crippen molar-refractivity contribution in [2.75, 3.05) is 21.7 Å². The topological polar surface area (TPSA) is 69.7 Å². The number of para-hydroxylation sites is 2. The minimum atomic E-state index is -0.354. The third-order valence-electron chi connectivity index (χ3n) is 5.72. The molecule has 0 unspecified atom stereocenters. The molecule has 6 nitrogen and oxygen atoms in total. The van der Waals surface area contributed by atoms with Crippen molar-refractivity contribution in [2.45, 2.75) is 13.3 Å². The van der Waals surface area contributed by atoms with Crippen molar-refractivity contribution in [1.29, 1.82) is 0 Å². The molecule has 0 saturated heterocycles. The Bertz CT molecular complexity index is 1260. The van der Waals surface area contributed by atoms with E-state index in [1.165, 1.54) is 11.8 Å². The van der Waals surface area contributed by atoms with E-state index in [0.29, 0.717) is 34.8 Å². The average Bonchev–Trinajstić information content (AvgIpc) is 3.32. The van der Waals surface area contributed by atoms with E-state index in [1.54, 1.807) is 48.5 Å². The van der Waals surface area contributed by atoms with Gasteiger partial charge in [0, 0.05) is 24.8 Å². The highest BCUT2D eigenvalue weighted by molar-refractivity contribution is 6.46. The molecule has 0 saturated carbocycles. The molecule has 0 aliphatic carbocycles. The summed E-state index contributed by atoms with van der Waals surface area (Å²) in [4.78, 5) is 41.8. The molecule has 0 bridgehead atoms. The number of nitrogens with one attached hydrogen (secondary N) is 1. The Kier molecular flexibility index (Phi) is 4.82. The van der Waals surface area contributed by atoms with E-state index in [0.717, 1.165) is 17.7 Å². The van der Waals surface area contributed by atoms with Crippen molar-refractivity contribution in [3.05, 3.63) is 95.7 Å².